The van der Waals surface area contributed by atoms with Gasteiger partial charge in [0.2, 0.25) is 0 Å². The molecule has 2 heterocycles. The number of hydrogen-bond acceptors (Lipinski definition) is 2. The van der Waals surface area contributed by atoms with Gasteiger partial charge in [0.05, 0.1) is 5.38 Å². The minimum absolute atomic E-state index is 0.0939. The van der Waals surface area contributed by atoms with E-state index in [2.05, 4.69) is 55.5 Å². The number of halogens is 1. The Balaban J connectivity index is 1.71. The molecule has 2 atom stereocenters. The first-order valence-electron chi connectivity index (χ1n) is 7.13. The van der Waals surface area contributed by atoms with E-state index in [0.717, 1.165) is 17.7 Å². The molecule has 0 aliphatic carbocycles. The molecule has 0 radical (unpaired) electrons. The highest BCUT2D eigenvalue weighted by atomic mass is 35.5. The van der Waals surface area contributed by atoms with Gasteiger partial charge in [0.1, 0.15) is 11.9 Å². The third-order valence-electron chi connectivity index (χ3n) is 3.91. The van der Waals surface area contributed by atoms with E-state index in [-0.39, 0.29) is 11.5 Å². The quantitative estimate of drug-likeness (QED) is 0.563. The average molecular weight is 315 g/mol. The fourth-order valence-corrected chi connectivity index (χ4v) is 4.29. The third-order valence-corrected chi connectivity index (χ3v) is 5.70. The molecule has 0 amide bonds. The molecule has 0 N–H and O–H groups in total. The first-order valence-corrected chi connectivity index (χ1v) is 8.38. The molecule has 0 spiro atoms. The van der Waals surface area contributed by atoms with E-state index in [1.807, 2.05) is 0 Å². The van der Waals surface area contributed by atoms with Crippen molar-refractivity contribution in [2.24, 2.45) is 0 Å². The van der Waals surface area contributed by atoms with Crippen LogP contribution in [0.5, 0.6) is 5.75 Å². The molecule has 1 aliphatic rings. The zero-order valence-electron chi connectivity index (χ0n) is 11.7. The summed E-state index contributed by atoms with van der Waals surface area (Å²) in [6.45, 7) is 2.10. The van der Waals surface area contributed by atoms with E-state index in [1.54, 1.807) is 11.3 Å². The minimum atomic E-state index is -0.0939. The van der Waals surface area contributed by atoms with Crippen molar-refractivity contribution in [3.63, 3.8) is 0 Å². The van der Waals surface area contributed by atoms with Crippen molar-refractivity contribution in [1.82, 2.24) is 0 Å². The summed E-state index contributed by atoms with van der Waals surface area (Å²) in [6.07, 6.45) is 1.24. The molecule has 0 bridgehead atoms. The second-order valence-electron chi connectivity index (χ2n) is 5.55. The second-order valence-corrected chi connectivity index (χ2v) is 7.10. The van der Waals surface area contributed by atoms with E-state index < -0.39 is 0 Å². The second kappa shape index (κ2) is 5.04. The van der Waals surface area contributed by atoms with Crippen LogP contribution >= 0.6 is 22.9 Å². The molecule has 3 aromatic rings. The number of ether oxygens (including phenoxy) is 1. The van der Waals surface area contributed by atoms with Gasteiger partial charge in [-0.2, -0.15) is 0 Å². The van der Waals surface area contributed by atoms with Crippen molar-refractivity contribution in [1.29, 1.82) is 0 Å². The van der Waals surface area contributed by atoms with Crippen molar-refractivity contribution in [3.8, 4) is 5.75 Å². The van der Waals surface area contributed by atoms with Gasteiger partial charge in [-0.15, -0.1) is 22.9 Å². The Morgan fingerprint density at radius 2 is 2.05 bits per heavy atom. The zero-order valence-corrected chi connectivity index (χ0v) is 13.2. The minimum Gasteiger partial charge on any atom is -0.490 e. The molecular weight excluding hydrogens is 300 g/mol. The maximum absolute atomic E-state index is 6.71. The smallest absolute Gasteiger partial charge is 0.123 e. The molecule has 2 unspecified atom stereocenters. The lowest BCUT2D eigenvalue weighted by Crippen LogP contribution is -2.05. The van der Waals surface area contributed by atoms with Crippen molar-refractivity contribution >= 4 is 33.0 Å². The highest BCUT2D eigenvalue weighted by molar-refractivity contribution is 7.19. The highest BCUT2D eigenvalue weighted by Crippen LogP contribution is 2.39. The Morgan fingerprint density at radius 1 is 1.19 bits per heavy atom. The maximum Gasteiger partial charge on any atom is 0.123 e. The highest BCUT2D eigenvalue weighted by Gasteiger charge is 2.21. The van der Waals surface area contributed by atoms with Crippen LogP contribution in [0.25, 0.3) is 10.1 Å². The molecule has 0 fully saturated rings. The van der Waals surface area contributed by atoms with Gasteiger partial charge in [0.15, 0.2) is 0 Å². The van der Waals surface area contributed by atoms with Crippen LogP contribution in [0, 0.1) is 0 Å². The average Bonchev–Trinajstić information content (AvgIpc) is 3.07. The largest absolute Gasteiger partial charge is 0.490 e. The third kappa shape index (κ3) is 2.33. The van der Waals surface area contributed by atoms with Crippen molar-refractivity contribution in [2.75, 3.05) is 0 Å². The summed E-state index contributed by atoms with van der Waals surface area (Å²) < 4.78 is 7.04. The van der Waals surface area contributed by atoms with Crippen LogP contribution in [0.3, 0.4) is 0 Å². The van der Waals surface area contributed by atoms with Gasteiger partial charge < -0.3 is 4.74 Å². The molecule has 2 aromatic carbocycles. The summed E-state index contributed by atoms with van der Waals surface area (Å²) in [5, 5.41) is 1.17. The Bertz CT molecular complexity index is 775. The van der Waals surface area contributed by atoms with Crippen LogP contribution in [0.4, 0.5) is 0 Å². The molecule has 0 saturated carbocycles. The molecule has 21 heavy (non-hydrogen) atoms. The predicted octanol–water partition coefficient (Wildman–Crippen LogP) is 5.55. The number of rotatable bonds is 2. The summed E-state index contributed by atoms with van der Waals surface area (Å²) in [7, 11) is 0. The summed E-state index contributed by atoms with van der Waals surface area (Å²) in [5.41, 5.74) is 2.42. The van der Waals surface area contributed by atoms with Crippen LogP contribution in [0.1, 0.15) is 28.3 Å². The predicted molar refractivity (Wildman–Crippen MR) is 89.8 cm³/mol. The van der Waals surface area contributed by atoms with Gasteiger partial charge in [-0.3, -0.25) is 0 Å². The monoisotopic (exact) mass is 314 g/mol. The topological polar surface area (TPSA) is 9.23 Å². The first kappa shape index (κ1) is 13.2. The molecule has 1 aliphatic heterocycles. The fraction of sp³-hybridized carbons (Fsp3) is 0.222. The van der Waals surface area contributed by atoms with Gasteiger partial charge in [-0.1, -0.05) is 30.3 Å². The lowest BCUT2D eigenvalue weighted by atomic mass is 10.0. The Kier molecular flexibility index (Phi) is 3.16. The van der Waals surface area contributed by atoms with Gasteiger partial charge in [-0.25, -0.2) is 0 Å². The molecule has 1 aromatic heterocycles. The standard InChI is InChI=1S/C18H15ClOS/c1-11-8-14-9-13(6-7-15(14)20-11)18(19)17-10-12-4-2-3-5-16(12)21-17/h2-7,9-11,18H,8H2,1H3. The molecular formula is C18H15ClOS. The van der Waals surface area contributed by atoms with Crippen LogP contribution in [-0.2, 0) is 6.42 Å². The summed E-state index contributed by atoms with van der Waals surface area (Å²) in [4.78, 5) is 1.20. The van der Waals surface area contributed by atoms with E-state index in [1.165, 1.54) is 20.5 Å². The Hall–Kier alpha value is -1.51. The van der Waals surface area contributed by atoms with E-state index in [4.69, 9.17) is 16.3 Å². The van der Waals surface area contributed by atoms with Crippen LogP contribution in [-0.4, -0.2) is 6.10 Å². The van der Waals surface area contributed by atoms with Crippen LogP contribution in [0.15, 0.2) is 48.5 Å². The van der Waals surface area contributed by atoms with Crippen LogP contribution in [0.2, 0.25) is 0 Å². The number of alkyl halides is 1. The molecule has 4 rings (SSSR count). The van der Waals surface area contributed by atoms with Gasteiger partial charge >= 0.3 is 0 Å². The van der Waals surface area contributed by atoms with Crippen molar-refractivity contribution in [3.05, 3.63) is 64.5 Å². The normalized spacial score (nSPS) is 18.5. The molecule has 0 saturated heterocycles. The van der Waals surface area contributed by atoms with Crippen LogP contribution < -0.4 is 4.74 Å². The van der Waals surface area contributed by atoms with E-state index in [0.29, 0.717) is 0 Å². The summed E-state index contributed by atoms with van der Waals surface area (Å²) in [6, 6.07) is 16.9. The first-order chi connectivity index (χ1) is 10.2. The van der Waals surface area contributed by atoms with E-state index >= 15 is 0 Å². The molecule has 3 heteroatoms. The maximum atomic E-state index is 6.71. The van der Waals surface area contributed by atoms with Gasteiger partial charge in [0.25, 0.3) is 0 Å². The Labute approximate surface area is 133 Å². The summed E-state index contributed by atoms with van der Waals surface area (Å²) >= 11 is 8.48. The lowest BCUT2D eigenvalue weighted by molar-refractivity contribution is 0.254. The number of hydrogen-bond donors (Lipinski definition) is 0. The van der Waals surface area contributed by atoms with Gasteiger partial charge in [-0.05, 0) is 41.6 Å². The number of benzene rings is 2. The van der Waals surface area contributed by atoms with Gasteiger partial charge in [0, 0.05) is 16.0 Å². The Morgan fingerprint density at radius 3 is 2.90 bits per heavy atom. The van der Waals surface area contributed by atoms with Crippen molar-refractivity contribution < 1.29 is 4.74 Å². The number of fused-ring (bicyclic) bond motifs is 2. The fourth-order valence-electron chi connectivity index (χ4n) is 2.89. The SMILES string of the molecule is CC1Cc2cc(C(Cl)c3cc4ccccc4s3)ccc2O1. The zero-order chi connectivity index (χ0) is 14.4. The van der Waals surface area contributed by atoms with Crippen molar-refractivity contribution in [2.45, 2.75) is 24.8 Å². The molecule has 1 nitrogen and oxygen atoms in total. The lowest BCUT2D eigenvalue weighted by Gasteiger charge is -2.09. The summed E-state index contributed by atoms with van der Waals surface area (Å²) in [5.74, 6) is 1.01. The van der Waals surface area contributed by atoms with E-state index in [9.17, 15) is 0 Å². The number of thiophene rings is 1. The molecule has 106 valence electrons.